The molecular weight excluding hydrogens is 348 g/mol. The highest BCUT2D eigenvalue weighted by atomic mass is 35.5. The van der Waals surface area contributed by atoms with Crippen molar-refractivity contribution in [1.29, 1.82) is 0 Å². The minimum atomic E-state index is -0.580. The quantitative estimate of drug-likeness (QED) is 0.496. The Labute approximate surface area is 148 Å². The van der Waals surface area contributed by atoms with Crippen molar-refractivity contribution in [3.8, 4) is 11.5 Å². The Bertz CT molecular complexity index is 839. The average Bonchev–Trinajstić information content (AvgIpc) is 3.08. The van der Waals surface area contributed by atoms with Gasteiger partial charge in [-0.3, -0.25) is 4.79 Å². The van der Waals surface area contributed by atoms with Crippen LogP contribution in [0.15, 0.2) is 64.2 Å². The molecule has 0 radical (unpaired) electrons. The van der Waals surface area contributed by atoms with E-state index in [0.29, 0.717) is 10.9 Å². The van der Waals surface area contributed by atoms with Crippen LogP contribution < -0.4 is 0 Å². The van der Waals surface area contributed by atoms with Gasteiger partial charge in [0.15, 0.2) is 0 Å². The summed E-state index contributed by atoms with van der Waals surface area (Å²) in [7, 11) is 1.35. The number of methoxy groups -OCH3 is 1. The molecule has 0 fully saturated rings. The fraction of sp³-hybridized carbons (Fsp3) is 0.118. The number of hydrogen-bond acceptors (Lipinski definition) is 6. The molecule has 0 aliphatic carbocycles. The number of ether oxygens (including phenoxy) is 1. The van der Waals surface area contributed by atoms with Crippen LogP contribution in [0.4, 0.5) is 0 Å². The lowest BCUT2D eigenvalue weighted by molar-refractivity contribution is -0.140. The summed E-state index contributed by atoms with van der Waals surface area (Å²) in [6.45, 7) is 0. The number of rotatable bonds is 5. The fourth-order valence-corrected chi connectivity index (χ4v) is 3.18. The van der Waals surface area contributed by atoms with Gasteiger partial charge in [0.25, 0.3) is 5.22 Å². The van der Waals surface area contributed by atoms with E-state index in [1.165, 1.54) is 7.11 Å². The Morgan fingerprint density at radius 2 is 1.96 bits per heavy atom. The third-order valence-electron chi connectivity index (χ3n) is 3.21. The highest BCUT2D eigenvalue weighted by Crippen LogP contribution is 2.36. The molecule has 7 heteroatoms. The van der Waals surface area contributed by atoms with Crippen LogP contribution in [0.3, 0.4) is 0 Å². The van der Waals surface area contributed by atoms with Gasteiger partial charge in [-0.2, -0.15) is 0 Å². The van der Waals surface area contributed by atoms with Gasteiger partial charge in [0.2, 0.25) is 5.89 Å². The smallest absolute Gasteiger partial charge is 0.323 e. The first-order chi connectivity index (χ1) is 11.7. The molecule has 0 amide bonds. The molecule has 2 aromatic carbocycles. The van der Waals surface area contributed by atoms with Gasteiger partial charge in [-0.25, -0.2) is 0 Å². The van der Waals surface area contributed by atoms with E-state index >= 15 is 0 Å². The molecule has 3 aromatic rings. The summed E-state index contributed by atoms with van der Waals surface area (Å²) in [6, 6.07) is 16.4. The number of thioether (sulfide) groups is 1. The lowest BCUT2D eigenvalue weighted by atomic mass is 10.1. The molecule has 122 valence electrons. The van der Waals surface area contributed by atoms with E-state index < -0.39 is 5.25 Å². The van der Waals surface area contributed by atoms with Crippen LogP contribution in [-0.4, -0.2) is 23.3 Å². The van der Waals surface area contributed by atoms with Crippen molar-refractivity contribution in [2.24, 2.45) is 0 Å². The molecule has 0 aliphatic rings. The Morgan fingerprint density at radius 1 is 1.17 bits per heavy atom. The van der Waals surface area contributed by atoms with Crippen molar-refractivity contribution in [1.82, 2.24) is 10.2 Å². The first-order valence-corrected chi connectivity index (χ1v) is 8.32. The van der Waals surface area contributed by atoms with Gasteiger partial charge in [-0.1, -0.05) is 48.0 Å². The van der Waals surface area contributed by atoms with Crippen molar-refractivity contribution < 1.29 is 13.9 Å². The van der Waals surface area contributed by atoms with E-state index in [-0.39, 0.29) is 11.2 Å². The van der Waals surface area contributed by atoms with E-state index in [1.807, 2.05) is 36.4 Å². The number of carbonyl (C=O) groups is 1. The third-order valence-corrected chi connectivity index (χ3v) is 4.52. The lowest BCUT2D eigenvalue weighted by Gasteiger charge is -2.11. The maximum absolute atomic E-state index is 12.1. The summed E-state index contributed by atoms with van der Waals surface area (Å²) in [4.78, 5) is 12.1. The minimum Gasteiger partial charge on any atom is -0.468 e. The van der Waals surface area contributed by atoms with Gasteiger partial charge in [0, 0.05) is 10.6 Å². The summed E-state index contributed by atoms with van der Waals surface area (Å²) in [6.07, 6.45) is 0. The summed E-state index contributed by atoms with van der Waals surface area (Å²) in [5.41, 5.74) is 1.52. The van der Waals surface area contributed by atoms with Crippen LogP contribution in [0.5, 0.6) is 0 Å². The van der Waals surface area contributed by atoms with Gasteiger partial charge >= 0.3 is 5.97 Å². The highest BCUT2D eigenvalue weighted by molar-refractivity contribution is 8.00. The Morgan fingerprint density at radius 3 is 2.67 bits per heavy atom. The molecule has 0 bridgehead atoms. The first-order valence-electron chi connectivity index (χ1n) is 7.06. The fourth-order valence-electron chi connectivity index (χ4n) is 2.08. The summed E-state index contributed by atoms with van der Waals surface area (Å²) in [5, 5.41) is 8.29. The zero-order valence-corrected chi connectivity index (χ0v) is 14.3. The predicted octanol–water partition coefficient (Wildman–Crippen LogP) is 4.40. The van der Waals surface area contributed by atoms with E-state index in [2.05, 4.69) is 10.2 Å². The summed E-state index contributed by atoms with van der Waals surface area (Å²) >= 11 is 7.12. The summed E-state index contributed by atoms with van der Waals surface area (Å²) in [5.74, 6) is -0.0367. The van der Waals surface area contributed by atoms with Gasteiger partial charge in [-0.15, -0.1) is 10.2 Å². The second kappa shape index (κ2) is 7.51. The molecule has 0 spiro atoms. The molecule has 5 nitrogen and oxygen atoms in total. The number of benzene rings is 2. The van der Waals surface area contributed by atoms with Crippen molar-refractivity contribution >= 4 is 29.3 Å². The number of hydrogen-bond donors (Lipinski definition) is 0. The van der Waals surface area contributed by atoms with Crippen molar-refractivity contribution in [2.75, 3.05) is 7.11 Å². The molecule has 0 saturated heterocycles. The largest absolute Gasteiger partial charge is 0.468 e. The number of carbonyl (C=O) groups excluding carboxylic acids is 1. The SMILES string of the molecule is COC(=O)C(Sc1nnc(-c2cccc(Cl)c2)o1)c1ccccc1. The second-order valence-corrected chi connectivity index (χ2v) is 6.31. The van der Waals surface area contributed by atoms with Gasteiger partial charge in [-0.05, 0) is 35.5 Å². The molecule has 0 aliphatic heterocycles. The Hall–Kier alpha value is -2.31. The monoisotopic (exact) mass is 360 g/mol. The van der Waals surface area contributed by atoms with E-state index in [4.69, 9.17) is 20.8 Å². The molecular formula is C17H13ClN2O3S. The summed E-state index contributed by atoms with van der Waals surface area (Å²) < 4.78 is 10.5. The molecule has 1 aromatic heterocycles. The van der Waals surface area contributed by atoms with Crippen LogP contribution in [-0.2, 0) is 9.53 Å². The Balaban J connectivity index is 1.85. The zero-order chi connectivity index (χ0) is 16.9. The molecule has 1 unspecified atom stereocenters. The van der Waals surface area contributed by atoms with E-state index in [9.17, 15) is 4.79 Å². The molecule has 0 N–H and O–H groups in total. The highest BCUT2D eigenvalue weighted by Gasteiger charge is 2.25. The van der Waals surface area contributed by atoms with Crippen molar-refractivity contribution in [3.05, 3.63) is 65.2 Å². The number of nitrogens with zero attached hydrogens (tertiary/aromatic N) is 2. The molecule has 1 heterocycles. The maximum Gasteiger partial charge on any atom is 0.323 e. The van der Waals surface area contributed by atoms with Crippen molar-refractivity contribution in [2.45, 2.75) is 10.5 Å². The van der Waals surface area contributed by atoms with Gasteiger partial charge in [0.1, 0.15) is 5.25 Å². The third kappa shape index (κ3) is 3.77. The van der Waals surface area contributed by atoms with Crippen LogP contribution in [0.2, 0.25) is 5.02 Å². The van der Waals surface area contributed by atoms with Gasteiger partial charge in [0.05, 0.1) is 7.11 Å². The second-order valence-electron chi connectivity index (χ2n) is 4.82. The maximum atomic E-state index is 12.1. The van der Waals surface area contributed by atoms with Crippen LogP contribution in [0.25, 0.3) is 11.5 Å². The number of aromatic nitrogens is 2. The average molecular weight is 361 g/mol. The lowest BCUT2D eigenvalue weighted by Crippen LogP contribution is -2.11. The van der Waals surface area contributed by atoms with Crippen LogP contribution in [0.1, 0.15) is 10.8 Å². The number of esters is 1. The standard InChI is InChI=1S/C17H13ClN2O3S/c1-22-16(21)14(11-6-3-2-4-7-11)24-17-20-19-15(23-17)12-8-5-9-13(18)10-12/h2-10,14H,1H3. The van der Waals surface area contributed by atoms with E-state index in [0.717, 1.165) is 22.9 Å². The van der Waals surface area contributed by atoms with Crippen molar-refractivity contribution in [3.63, 3.8) is 0 Å². The molecule has 3 rings (SSSR count). The van der Waals surface area contributed by atoms with Gasteiger partial charge < -0.3 is 9.15 Å². The Kier molecular flexibility index (Phi) is 5.17. The topological polar surface area (TPSA) is 65.2 Å². The molecule has 0 saturated carbocycles. The minimum absolute atomic E-state index is 0.282. The van der Waals surface area contributed by atoms with Crippen LogP contribution >= 0.6 is 23.4 Å². The normalized spacial score (nSPS) is 11.9. The number of halogens is 1. The zero-order valence-electron chi connectivity index (χ0n) is 12.7. The van der Waals surface area contributed by atoms with E-state index in [1.54, 1.807) is 18.2 Å². The van der Waals surface area contributed by atoms with Crippen LogP contribution in [0, 0.1) is 0 Å². The molecule has 24 heavy (non-hydrogen) atoms. The molecule has 1 atom stereocenters. The predicted molar refractivity (Wildman–Crippen MR) is 91.8 cm³/mol. The first kappa shape index (κ1) is 16.5.